The first-order chi connectivity index (χ1) is 3.77. The van der Waals surface area contributed by atoms with Crippen LogP contribution in [-0.2, 0) is 4.79 Å². The molecular formula is C5H11NOSi. The largest absolute Gasteiger partial charge is 0.370 e. The molecule has 0 bridgehead atoms. The van der Waals surface area contributed by atoms with Crippen molar-refractivity contribution >= 4 is 15.4 Å². The van der Waals surface area contributed by atoms with E-state index < -0.39 is 0 Å². The second-order valence-corrected chi connectivity index (χ2v) is 3.43. The Labute approximate surface area is 51.6 Å². The zero-order chi connectivity index (χ0) is 6.41. The van der Waals surface area contributed by atoms with E-state index in [1.165, 1.54) is 0 Å². The Balaban J connectivity index is 2.93. The minimum atomic E-state index is -0.229. The molecule has 2 nitrogen and oxygen atoms in total. The number of primary amides is 1. The van der Waals surface area contributed by atoms with Crippen LogP contribution < -0.4 is 5.73 Å². The fourth-order valence-corrected chi connectivity index (χ4v) is 1.26. The molecule has 8 heavy (non-hydrogen) atoms. The Morgan fingerprint density at radius 1 is 1.88 bits per heavy atom. The molecule has 0 fully saturated rings. The van der Waals surface area contributed by atoms with Gasteiger partial charge in [-0.3, -0.25) is 4.79 Å². The van der Waals surface area contributed by atoms with Gasteiger partial charge in [0.15, 0.2) is 0 Å². The van der Waals surface area contributed by atoms with Crippen LogP contribution in [-0.4, -0.2) is 15.4 Å². The van der Waals surface area contributed by atoms with E-state index in [0.29, 0.717) is 6.04 Å². The van der Waals surface area contributed by atoms with E-state index in [4.69, 9.17) is 5.73 Å². The quantitative estimate of drug-likeness (QED) is 0.315. The fraction of sp³-hybridized carbons (Fsp3) is 0.400. The molecule has 2 N–H and O–H groups in total. The van der Waals surface area contributed by atoms with Gasteiger partial charge in [0, 0.05) is 15.6 Å². The van der Waals surface area contributed by atoms with Gasteiger partial charge in [-0.2, -0.15) is 0 Å². The van der Waals surface area contributed by atoms with E-state index in [0.717, 1.165) is 6.04 Å². The number of amides is 1. The molecule has 0 aromatic rings. The summed E-state index contributed by atoms with van der Waals surface area (Å²) in [7, 11) is -0.229. The molecule has 0 aromatic carbocycles. The number of hydrogen-bond donors (Lipinski definition) is 1. The highest BCUT2D eigenvalue weighted by Crippen LogP contribution is 1.83. The molecule has 0 aromatic heterocycles. The summed E-state index contributed by atoms with van der Waals surface area (Å²) in [6.07, 6.45) is 1.84. The Morgan fingerprint density at radius 2 is 2.50 bits per heavy atom. The summed E-state index contributed by atoms with van der Waals surface area (Å²) in [6, 6.07) is 1.63. The van der Waals surface area contributed by atoms with Crippen molar-refractivity contribution in [1.82, 2.24) is 0 Å². The third-order valence-electron chi connectivity index (χ3n) is 0.831. The van der Waals surface area contributed by atoms with Crippen LogP contribution in [0.2, 0.25) is 12.1 Å². The van der Waals surface area contributed by atoms with Gasteiger partial charge < -0.3 is 5.73 Å². The van der Waals surface area contributed by atoms with Gasteiger partial charge in [-0.15, -0.1) is 6.58 Å². The summed E-state index contributed by atoms with van der Waals surface area (Å²) in [5.41, 5.74) is 4.89. The van der Waals surface area contributed by atoms with E-state index in [1.54, 1.807) is 0 Å². The van der Waals surface area contributed by atoms with Crippen molar-refractivity contribution in [1.29, 1.82) is 0 Å². The zero-order valence-electron chi connectivity index (χ0n) is 4.89. The molecule has 3 heteroatoms. The summed E-state index contributed by atoms with van der Waals surface area (Å²) in [5.74, 6) is -0.168. The molecular weight excluding hydrogens is 118 g/mol. The lowest BCUT2D eigenvalue weighted by atomic mass is 10.7. The van der Waals surface area contributed by atoms with Crippen molar-refractivity contribution in [3.05, 3.63) is 12.7 Å². The first kappa shape index (κ1) is 7.43. The van der Waals surface area contributed by atoms with Crippen LogP contribution in [0.5, 0.6) is 0 Å². The Morgan fingerprint density at radius 3 is 2.88 bits per heavy atom. The van der Waals surface area contributed by atoms with Crippen LogP contribution in [0.4, 0.5) is 0 Å². The van der Waals surface area contributed by atoms with E-state index in [-0.39, 0.29) is 15.4 Å². The van der Waals surface area contributed by atoms with Gasteiger partial charge in [0.25, 0.3) is 0 Å². The lowest BCUT2D eigenvalue weighted by Crippen LogP contribution is -2.11. The molecule has 0 saturated heterocycles. The number of carbonyl (C=O) groups excluding carboxylic acids is 1. The van der Waals surface area contributed by atoms with Crippen LogP contribution in [0.3, 0.4) is 0 Å². The number of hydrogen-bond acceptors (Lipinski definition) is 1. The van der Waals surface area contributed by atoms with Crippen LogP contribution >= 0.6 is 0 Å². The fourth-order valence-electron chi connectivity index (χ4n) is 0.421. The first-order valence-electron chi connectivity index (χ1n) is 2.66. The van der Waals surface area contributed by atoms with Crippen molar-refractivity contribution in [2.45, 2.75) is 12.1 Å². The van der Waals surface area contributed by atoms with Gasteiger partial charge in [-0.1, -0.05) is 6.08 Å². The standard InChI is InChI=1S/C5H11NOSi/c1-2-3-8-4-5(6)7/h2H,1,3-4,8H2,(H2,6,7). The minimum absolute atomic E-state index is 0.168. The molecule has 0 aliphatic heterocycles. The van der Waals surface area contributed by atoms with Gasteiger partial charge in [0.2, 0.25) is 5.91 Å². The molecule has 0 saturated carbocycles. The monoisotopic (exact) mass is 129 g/mol. The van der Waals surface area contributed by atoms with Gasteiger partial charge in [-0.05, 0) is 6.04 Å². The summed E-state index contributed by atoms with van der Waals surface area (Å²) in [5, 5.41) is 0. The maximum Gasteiger partial charge on any atom is 0.214 e. The molecule has 0 aliphatic carbocycles. The minimum Gasteiger partial charge on any atom is -0.370 e. The van der Waals surface area contributed by atoms with E-state index in [9.17, 15) is 4.79 Å². The normalized spacial score (nSPS) is 10.0. The summed E-state index contributed by atoms with van der Waals surface area (Å²) < 4.78 is 0. The highest BCUT2D eigenvalue weighted by Gasteiger charge is 1.90. The Hall–Kier alpha value is -0.573. The lowest BCUT2D eigenvalue weighted by molar-refractivity contribution is -0.115. The number of allylic oxidation sites excluding steroid dienone is 1. The maximum absolute atomic E-state index is 10.1. The molecule has 1 amide bonds. The zero-order valence-corrected chi connectivity index (χ0v) is 6.31. The molecule has 0 atom stereocenters. The SMILES string of the molecule is C=CC[SiH2]CC(N)=O. The third kappa shape index (κ3) is 5.43. The number of carbonyl (C=O) groups is 1. The average molecular weight is 129 g/mol. The molecule has 46 valence electrons. The molecule has 0 unspecified atom stereocenters. The first-order valence-corrected chi connectivity index (χ1v) is 4.66. The molecule has 0 aliphatic rings. The maximum atomic E-state index is 10.1. The second kappa shape index (κ2) is 4.58. The molecule has 0 rings (SSSR count). The van der Waals surface area contributed by atoms with Crippen molar-refractivity contribution in [3.8, 4) is 0 Å². The van der Waals surface area contributed by atoms with Gasteiger partial charge in [-0.25, -0.2) is 0 Å². The predicted octanol–water partition coefficient (Wildman–Crippen LogP) is -0.337. The smallest absolute Gasteiger partial charge is 0.214 e. The van der Waals surface area contributed by atoms with Crippen LogP contribution in [0.25, 0.3) is 0 Å². The van der Waals surface area contributed by atoms with E-state index >= 15 is 0 Å². The highest BCUT2D eigenvalue weighted by molar-refractivity contribution is 6.41. The summed E-state index contributed by atoms with van der Waals surface area (Å²) in [6.45, 7) is 3.54. The topological polar surface area (TPSA) is 43.1 Å². The number of nitrogens with two attached hydrogens (primary N) is 1. The molecule has 0 spiro atoms. The van der Waals surface area contributed by atoms with Gasteiger partial charge in [0.1, 0.15) is 0 Å². The van der Waals surface area contributed by atoms with Gasteiger partial charge in [0.05, 0.1) is 0 Å². The average Bonchev–Trinajstić information content (AvgIpc) is 1.66. The Bertz CT molecular complexity index is 92.4. The van der Waals surface area contributed by atoms with Crippen LogP contribution in [0, 0.1) is 0 Å². The van der Waals surface area contributed by atoms with Crippen molar-refractivity contribution in [3.63, 3.8) is 0 Å². The third-order valence-corrected chi connectivity index (χ3v) is 2.49. The highest BCUT2D eigenvalue weighted by atomic mass is 28.2. The predicted molar refractivity (Wildman–Crippen MR) is 37.5 cm³/mol. The number of rotatable bonds is 4. The van der Waals surface area contributed by atoms with Crippen molar-refractivity contribution < 1.29 is 4.79 Å². The van der Waals surface area contributed by atoms with Crippen LogP contribution in [0.1, 0.15) is 0 Å². The molecule has 0 radical (unpaired) electrons. The second-order valence-electron chi connectivity index (χ2n) is 1.65. The van der Waals surface area contributed by atoms with Crippen LogP contribution in [0.15, 0.2) is 12.7 Å². The summed E-state index contributed by atoms with van der Waals surface area (Å²) >= 11 is 0. The summed E-state index contributed by atoms with van der Waals surface area (Å²) in [4.78, 5) is 10.1. The molecule has 0 heterocycles. The van der Waals surface area contributed by atoms with Crippen molar-refractivity contribution in [2.75, 3.05) is 0 Å². The lowest BCUT2D eigenvalue weighted by Gasteiger charge is -1.87. The van der Waals surface area contributed by atoms with E-state index in [1.807, 2.05) is 6.08 Å². The van der Waals surface area contributed by atoms with E-state index in [2.05, 4.69) is 6.58 Å². The van der Waals surface area contributed by atoms with Crippen molar-refractivity contribution in [2.24, 2.45) is 5.73 Å². The van der Waals surface area contributed by atoms with Gasteiger partial charge >= 0.3 is 0 Å². The Kier molecular flexibility index (Phi) is 4.25.